The van der Waals surface area contributed by atoms with E-state index in [1.165, 1.54) is 25.3 Å². The lowest BCUT2D eigenvalue weighted by Crippen LogP contribution is -2.32. The maximum atomic E-state index is 13.0. The summed E-state index contributed by atoms with van der Waals surface area (Å²) < 4.78 is 17.7. The van der Waals surface area contributed by atoms with E-state index in [-0.39, 0.29) is 41.7 Å². The highest BCUT2D eigenvalue weighted by Gasteiger charge is 2.31. The number of nitrogens with zero attached hydrogens (tertiary/aromatic N) is 1. The smallest absolute Gasteiger partial charge is 0.338 e. The fraction of sp³-hybridized carbons (Fsp3) is 0.250. The van der Waals surface area contributed by atoms with Crippen LogP contribution in [0.3, 0.4) is 0 Å². The predicted octanol–water partition coefficient (Wildman–Crippen LogP) is 2.40. The van der Waals surface area contributed by atoms with E-state index in [9.17, 15) is 18.8 Å². The average molecular weight is 370 g/mol. The lowest BCUT2D eigenvalue weighted by molar-refractivity contribution is -0.117. The molecule has 0 aromatic heterocycles. The molecular weight excluding hydrogens is 351 g/mol. The maximum Gasteiger partial charge on any atom is 0.338 e. The van der Waals surface area contributed by atoms with Crippen LogP contribution in [0.25, 0.3) is 0 Å². The van der Waals surface area contributed by atoms with Crippen LogP contribution in [0.5, 0.6) is 0 Å². The molecule has 140 valence electrons. The molecule has 1 unspecified atom stereocenters. The fourth-order valence-electron chi connectivity index (χ4n) is 3.09. The monoisotopic (exact) mass is 370 g/mol. The molecule has 1 fully saturated rings. The number of amides is 2. The van der Waals surface area contributed by atoms with Crippen molar-refractivity contribution < 1.29 is 23.5 Å². The summed E-state index contributed by atoms with van der Waals surface area (Å²) >= 11 is 0. The van der Waals surface area contributed by atoms with Crippen LogP contribution in [0.4, 0.5) is 10.1 Å². The number of ether oxygens (including phenoxy) is 1. The van der Waals surface area contributed by atoms with Gasteiger partial charge in [0.25, 0.3) is 5.91 Å². The highest BCUT2D eigenvalue weighted by atomic mass is 19.1. The van der Waals surface area contributed by atoms with Crippen molar-refractivity contribution in [2.24, 2.45) is 5.92 Å². The zero-order valence-electron chi connectivity index (χ0n) is 14.8. The molecule has 1 N–H and O–H groups in total. The number of methoxy groups -OCH3 is 1. The SMILES string of the molecule is COC(=O)c1ccccc1C(=O)NCC1CC(=O)N(c2ccc(F)cc2)C1. The van der Waals surface area contributed by atoms with Gasteiger partial charge in [-0.05, 0) is 36.4 Å². The van der Waals surface area contributed by atoms with Gasteiger partial charge in [0.05, 0.1) is 18.2 Å². The third kappa shape index (κ3) is 4.13. The molecule has 2 aromatic rings. The van der Waals surface area contributed by atoms with E-state index in [0.29, 0.717) is 12.2 Å². The number of hydrogen-bond acceptors (Lipinski definition) is 4. The maximum absolute atomic E-state index is 13.0. The van der Waals surface area contributed by atoms with E-state index in [4.69, 9.17) is 4.74 Å². The standard InChI is InChI=1S/C20H19FN2O4/c1-27-20(26)17-5-3-2-4-16(17)19(25)22-11-13-10-18(24)23(12-13)15-8-6-14(21)7-9-15/h2-9,13H,10-12H2,1H3,(H,22,25). The van der Waals surface area contributed by atoms with Gasteiger partial charge < -0.3 is 15.0 Å². The highest BCUT2D eigenvalue weighted by Crippen LogP contribution is 2.25. The summed E-state index contributed by atoms with van der Waals surface area (Å²) in [4.78, 5) is 38.0. The number of hydrogen-bond donors (Lipinski definition) is 1. The van der Waals surface area contributed by atoms with Gasteiger partial charge in [0.2, 0.25) is 5.91 Å². The van der Waals surface area contributed by atoms with Crippen molar-refractivity contribution in [3.05, 3.63) is 65.5 Å². The van der Waals surface area contributed by atoms with E-state index in [0.717, 1.165) is 0 Å². The van der Waals surface area contributed by atoms with Gasteiger partial charge in [0, 0.05) is 31.1 Å². The second kappa shape index (κ2) is 7.99. The first kappa shape index (κ1) is 18.6. The van der Waals surface area contributed by atoms with Crippen molar-refractivity contribution in [3.63, 3.8) is 0 Å². The highest BCUT2D eigenvalue weighted by molar-refractivity contribution is 6.05. The Balaban J connectivity index is 1.63. The summed E-state index contributed by atoms with van der Waals surface area (Å²) in [6.45, 7) is 0.723. The molecular formula is C20H19FN2O4. The molecule has 6 nitrogen and oxygen atoms in total. The fourth-order valence-corrected chi connectivity index (χ4v) is 3.09. The summed E-state index contributed by atoms with van der Waals surface area (Å²) in [6, 6.07) is 12.1. The number of carbonyl (C=O) groups is 3. The molecule has 1 saturated heterocycles. The molecule has 1 aliphatic heterocycles. The van der Waals surface area contributed by atoms with Gasteiger partial charge in [-0.15, -0.1) is 0 Å². The molecule has 7 heteroatoms. The second-order valence-corrected chi connectivity index (χ2v) is 6.30. The predicted molar refractivity (Wildman–Crippen MR) is 97.0 cm³/mol. The Hall–Kier alpha value is -3.22. The van der Waals surface area contributed by atoms with Crippen molar-refractivity contribution in [2.75, 3.05) is 25.1 Å². The lowest BCUT2D eigenvalue weighted by atomic mass is 10.1. The molecule has 0 spiro atoms. The van der Waals surface area contributed by atoms with E-state index >= 15 is 0 Å². The normalized spacial score (nSPS) is 16.3. The van der Waals surface area contributed by atoms with Gasteiger partial charge in [-0.2, -0.15) is 0 Å². The van der Waals surface area contributed by atoms with Crippen LogP contribution in [0.2, 0.25) is 0 Å². The quantitative estimate of drug-likeness (QED) is 0.820. The summed E-state index contributed by atoms with van der Waals surface area (Å²) in [5, 5.41) is 2.78. The van der Waals surface area contributed by atoms with Crippen LogP contribution in [-0.2, 0) is 9.53 Å². The summed E-state index contributed by atoms with van der Waals surface area (Å²) in [6.07, 6.45) is 0.288. The van der Waals surface area contributed by atoms with Gasteiger partial charge in [-0.3, -0.25) is 9.59 Å². The summed E-state index contributed by atoms with van der Waals surface area (Å²) in [7, 11) is 1.26. The minimum atomic E-state index is -0.584. The van der Waals surface area contributed by atoms with Gasteiger partial charge in [-0.25, -0.2) is 9.18 Å². The van der Waals surface area contributed by atoms with Gasteiger partial charge >= 0.3 is 5.97 Å². The second-order valence-electron chi connectivity index (χ2n) is 6.30. The van der Waals surface area contributed by atoms with Crippen molar-refractivity contribution in [1.29, 1.82) is 0 Å². The molecule has 1 atom stereocenters. The van der Waals surface area contributed by atoms with Crippen LogP contribution < -0.4 is 10.2 Å². The molecule has 27 heavy (non-hydrogen) atoms. The van der Waals surface area contributed by atoms with Crippen LogP contribution in [0.1, 0.15) is 27.1 Å². The van der Waals surface area contributed by atoms with E-state index in [2.05, 4.69) is 5.32 Å². The third-order valence-corrected chi connectivity index (χ3v) is 4.47. The van der Waals surface area contributed by atoms with Crippen molar-refractivity contribution >= 4 is 23.5 Å². The Morgan fingerprint density at radius 2 is 1.81 bits per heavy atom. The number of esters is 1. The Morgan fingerprint density at radius 1 is 1.15 bits per heavy atom. The van der Waals surface area contributed by atoms with E-state index in [1.54, 1.807) is 35.2 Å². The van der Waals surface area contributed by atoms with Gasteiger partial charge in [-0.1, -0.05) is 12.1 Å². The Labute approximate surface area is 155 Å². The van der Waals surface area contributed by atoms with E-state index in [1.807, 2.05) is 0 Å². The zero-order valence-corrected chi connectivity index (χ0v) is 14.8. The largest absolute Gasteiger partial charge is 0.465 e. The van der Waals surface area contributed by atoms with Crippen LogP contribution in [0.15, 0.2) is 48.5 Å². The van der Waals surface area contributed by atoms with Crippen molar-refractivity contribution in [1.82, 2.24) is 5.32 Å². The van der Waals surface area contributed by atoms with Crippen LogP contribution >= 0.6 is 0 Å². The number of nitrogens with one attached hydrogen (secondary N) is 1. The van der Waals surface area contributed by atoms with Crippen LogP contribution in [-0.4, -0.2) is 38.0 Å². The van der Waals surface area contributed by atoms with Crippen LogP contribution in [0, 0.1) is 11.7 Å². The molecule has 0 aliphatic carbocycles. The zero-order chi connectivity index (χ0) is 19.4. The third-order valence-electron chi connectivity index (χ3n) is 4.47. The first-order valence-electron chi connectivity index (χ1n) is 8.51. The molecule has 3 rings (SSSR count). The molecule has 2 amide bonds. The summed E-state index contributed by atoms with van der Waals surface area (Å²) in [5.74, 6) is -1.49. The number of benzene rings is 2. The average Bonchev–Trinajstić information content (AvgIpc) is 3.06. The Bertz CT molecular complexity index is 867. The Morgan fingerprint density at radius 3 is 2.48 bits per heavy atom. The van der Waals surface area contributed by atoms with Gasteiger partial charge in [0.1, 0.15) is 5.82 Å². The Kier molecular flexibility index (Phi) is 5.49. The van der Waals surface area contributed by atoms with E-state index < -0.39 is 11.9 Å². The molecule has 0 saturated carbocycles. The molecule has 1 aliphatic rings. The molecule has 0 bridgehead atoms. The molecule has 2 aromatic carbocycles. The lowest BCUT2D eigenvalue weighted by Gasteiger charge is -2.17. The first-order chi connectivity index (χ1) is 13.0. The number of anilines is 1. The number of halogens is 1. The molecule has 1 heterocycles. The van der Waals surface area contributed by atoms with Gasteiger partial charge in [0.15, 0.2) is 0 Å². The van der Waals surface area contributed by atoms with Crippen molar-refractivity contribution in [2.45, 2.75) is 6.42 Å². The number of carbonyl (C=O) groups excluding carboxylic acids is 3. The first-order valence-corrected chi connectivity index (χ1v) is 8.51. The minimum absolute atomic E-state index is 0.0724. The topological polar surface area (TPSA) is 75.7 Å². The van der Waals surface area contributed by atoms with Crippen molar-refractivity contribution in [3.8, 4) is 0 Å². The minimum Gasteiger partial charge on any atom is -0.465 e. The summed E-state index contributed by atoms with van der Waals surface area (Å²) in [5.41, 5.74) is 1.04. The molecule has 0 radical (unpaired) electrons. The number of rotatable bonds is 5.